The van der Waals surface area contributed by atoms with Crippen LogP contribution in [0.25, 0.3) is 11.4 Å². The van der Waals surface area contributed by atoms with Gasteiger partial charge in [-0.05, 0) is 61.2 Å². The Morgan fingerprint density at radius 3 is 2.30 bits per heavy atom. The monoisotopic (exact) mass is 517 g/mol. The largest absolute Gasteiger partial charge is 0.467 e. The van der Waals surface area contributed by atoms with Gasteiger partial charge in [0.25, 0.3) is 0 Å². The zero-order valence-corrected chi connectivity index (χ0v) is 23.0. The summed E-state index contributed by atoms with van der Waals surface area (Å²) in [4.78, 5) is 15.0. The number of nitrogens with one attached hydrogen (secondary N) is 1. The van der Waals surface area contributed by atoms with Crippen LogP contribution in [-0.2, 0) is 16.8 Å². The highest BCUT2D eigenvalue weighted by atomic mass is 32.2. The number of thioether (sulfide) groups is 1. The lowest BCUT2D eigenvalue weighted by atomic mass is 9.87. The average Bonchev–Trinajstić information content (AvgIpc) is 3.54. The predicted molar refractivity (Wildman–Crippen MR) is 151 cm³/mol. The third-order valence-electron chi connectivity index (χ3n) is 6.23. The van der Waals surface area contributed by atoms with Crippen molar-refractivity contribution in [3.63, 3.8) is 0 Å². The maximum atomic E-state index is 12.7. The average molecular weight is 518 g/mol. The number of aromatic nitrogens is 3. The highest BCUT2D eigenvalue weighted by molar-refractivity contribution is 7.99. The van der Waals surface area contributed by atoms with E-state index in [1.54, 1.807) is 6.26 Å². The van der Waals surface area contributed by atoms with Gasteiger partial charge in [0.2, 0.25) is 5.91 Å². The van der Waals surface area contributed by atoms with Crippen LogP contribution in [0, 0.1) is 0 Å². The Labute approximate surface area is 223 Å². The van der Waals surface area contributed by atoms with E-state index in [0.29, 0.717) is 11.7 Å². The molecule has 0 radical (unpaired) electrons. The third kappa shape index (κ3) is 6.63. The first-order valence-electron chi connectivity index (χ1n) is 12.6. The number of nitrogens with zero attached hydrogens (tertiary/aromatic N) is 4. The lowest BCUT2D eigenvalue weighted by Gasteiger charge is -2.21. The number of hydrogen-bond acceptors (Lipinski definition) is 6. The van der Waals surface area contributed by atoms with Gasteiger partial charge in [-0.15, -0.1) is 10.2 Å². The first-order chi connectivity index (χ1) is 17.8. The van der Waals surface area contributed by atoms with Crippen molar-refractivity contribution in [1.29, 1.82) is 0 Å². The van der Waals surface area contributed by atoms with Gasteiger partial charge in [-0.25, -0.2) is 0 Å². The Hall–Kier alpha value is -3.52. The summed E-state index contributed by atoms with van der Waals surface area (Å²) in [5.41, 5.74) is 4.21. The molecule has 2 heterocycles. The summed E-state index contributed by atoms with van der Waals surface area (Å²) < 4.78 is 7.60. The summed E-state index contributed by atoms with van der Waals surface area (Å²) >= 11 is 1.36. The standard InChI is InChI=1S/C29H35N5O2S/c1-6-33(7-2)24-16-14-23(15-17-24)30-26(35)20-37-28-32-31-27(34(28)19-25-9-8-18-36-25)21-10-12-22(13-11-21)29(3,4)5/h8-18H,6-7,19-20H2,1-5H3,(H,30,35). The molecule has 0 bridgehead atoms. The summed E-state index contributed by atoms with van der Waals surface area (Å²) in [5.74, 6) is 1.67. The second-order valence-electron chi connectivity index (χ2n) is 9.86. The molecule has 7 nitrogen and oxygen atoms in total. The SMILES string of the molecule is CCN(CC)c1ccc(NC(=O)CSc2nnc(-c3ccc(C(C)(C)C)cc3)n2Cc2ccco2)cc1. The Morgan fingerprint density at radius 2 is 1.70 bits per heavy atom. The second kappa shape index (κ2) is 11.7. The van der Waals surface area contributed by atoms with Crippen molar-refractivity contribution in [3.8, 4) is 11.4 Å². The molecule has 1 N–H and O–H groups in total. The highest BCUT2D eigenvalue weighted by Gasteiger charge is 2.19. The topological polar surface area (TPSA) is 76.2 Å². The molecule has 0 unspecified atom stereocenters. The molecule has 0 aliphatic rings. The van der Waals surface area contributed by atoms with Crippen LogP contribution < -0.4 is 10.2 Å². The Bertz CT molecular complexity index is 1290. The number of carbonyl (C=O) groups excluding carboxylic acids is 1. The van der Waals surface area contributed by atoms with Gasteiger partial charge >= 0.3 is 0 Å². The van der Waals surface area contributed by atoms with Crippen molar-refractivity contribution < 1.29 is 9.21 Å². The molecule has 1 amide bonds. The molecular formula is C29H35N5O2S. The van der Waals surface area contributed by atoms with E-state index in [9.17, 15) is 4.79 Å². The molecule has 4 rings (SSSR count). The first kappa shape index (κ1) is 26.5. The summed E-state index contributed by atoms with van der Waals surface area (Å²) in [6.07, 6.45) is 1.66. The van der Waals surface area contributed by atoms with Crippen LogP contribution in [0.1, 0.15) is 45.9 Å². The van der Waals surface area contributed by atoms with Crippen LogP contribution in [0.2, 0.25) is 0 Å². The fraction of sp³-hybridized carbons (Fsp3) is 0.345. The predicted octanol–water partition coefficient (Wildman–Crippen LogP) is 6.46. The number of rotatable bonds is 10. The Kier molecular flexibility index (Phi) is 8.38. The lowest BCUT2D eigenvalue weighted by molar-refractivity contribution is -0.113. The minimum absolute atomic E-state index is 0.0699. The van der Waals surface area contributed by atoms with Crippen LogP contribution >= 0.6 is 11.8 Å². The Morgan fingerprint density at radius 1 is 1.00 bits per heavy atom. The Balaban J connectivity index is 1.48. The lowest BCUT2D eigenvalue weighted by Crippen LogP contribution is -2.21. The van der Waals surface area contributed by atoms with Gasteiger partial charge in [-0.1, -0.05) is 56.8 Å². The van der Waals surface area contributed by atoms with Crippen molar-refractivity contribution in [2.75, 3.05) is 29.1 Å². The van der Waals surface area contributed by atoms with Crippen LogP contribution in [0.15, 0.2) is 76.5 Å². The molecule has 8 heteroatoms. The fourth-order valence-electron chi connectivity index (χ4n) is 4.10. The molecule has 0 spiro atoms. The van der Waals surface area contributed by atoms with E-state index in [0.717, 1.165) is 41.6 Å². The summed E-state index contributed by atoms with van der Waals surface area (Å²) in [6.45, 7) is 13.2. The maximum Gasteiger partial charge on any atom is 0.234 e. The van der Waals surface area contributed by atoms with Crippen molar-refractivity contribution in [1.82, 2.24) is 14.8 Å². The van der Waals surface area contributed by atoms with E-state index < -0.39 is 0 Å². The van der Waals surface area contributed by atoms with E-state index in [2.05, 4.69) is 79.3 Å². The van der Waals surface area contributed by atoms with E-state index >= 15 is 0 Å². The fourth-order valence-corrected chi connectivity index (χ4v) is 4.84. The van der Waals surface area contributed by atoms with Crippen molar-refractivity contribution in [3.05, 3.63) is 78.3 Å². The van der Waals surface area contributed by atoms with Gasteiger partial charge in [-0.3, -0.25) is 9.36 Å². The van der Waals surface area contributed by atoms with Gasteiger partial charge in [0.15, 0.2) is 11.0 Å². The molecule has 0 fully saturated rings. The number of carbonyl (C=O) groups is 1. The molecule has 0 atom stereocenters. The van der Waals surface area contributed by atoms with Gasteiger partial charge in [0.1, 0.15) is 5.76 Å². The van der Waals surface area contributed by atoms with Crippen LogP contribution in [-0.4, -0.2) is 39.5 Å². The van der Waals surface area contributed by atoms with Crippen LogP contribution in [0.5, 0.6) is 0 Å². The van der Waals surface area contributed by atoms with Crippen LogP contribution in [0.3, 0.4) is 0 Å². The van der Waals surface area contributed by atoms with Crippen molar-refractivity contribution in [2.45, 2.75) is 51.7 Å². The van der Waals surface area contributed by atoms with Crippen LogP contribution in [0.4, 0.5) is 11.4 Å². The van der Waals surface area contributed by atoms with Gasteiger partial charge in [0.05, 0.1) is 18.6 Å². The van der Waals surface area contributed by atoms with Gasteiger partial charge in [0, 0.05) is 30.0 Å². The molecule has 0 saturated heterocycles. The molecule has 194 valence electrons. The molecule has 2 aromatic heterocycles. The normalized spacial score (nSPS) is 11.5. The van der Waals surface area contributed by atoms with E-state index in [-0.39, 0.29) is 17.1 Å². The minimum Gasteiger partial charge on any atom is -0.467 e. The minimum atomic E-state index is -0.0933. The molecule has 37 heavy (non-hydrogen) atoms. The smallest absolute Gasteiger partial charge is 0.234 e. The maximum absolute atomic E-state index is 12.7. The van der Waals surface area contributed by atoms with E-state index in [1.807, 2.05) is 41.0 Å². The van der Waals surface area contributed by atoms with E-state index in [4.69, 9.17) is 4.42 Å². The number of hydrogen-bond donors (Lipinski definition) is 1. The number of amides is 1. The highest BCUT2D eigenvalue weighted by Crippen LogP contribution is 2.29. The molecule has 0 aliphatic heterocycles. The van der Waals surface area contributed by atoms with Crippen molar-refractivity contribution in [2.24, 2.45) is 0 Å². The second-order valence-corrected chi connectivity index (χ2v) is 10.8. The van der Waals surface area contributed by atoms with Gasteiger partial charge in [-0.2, -0.15) is 0 Å². The van der Waals surface area contributed by atoms with Crippen molar-refractivity contribution >= 4 is 29.0 Å². The number of furan rings is 1. The summed E-state index contributed by atoms with van der Waals surface area (Å²) in [6, 6.07) is 20.2. The quantitative estimate of drug-likeness (QED) is 0.243. The van der Waals surface area contributed by atoms with Gasteiger partial charge < -0.3 is 14.6 Å². The van der Waals surface area contributed by atoms with E-state index in [1.165, 1.54) is 17.3 Å². The number of benzene rings is 2. The zero-order chi connectivity index (χ0) is 26.4. The first-order valence-corrected chi connectivity index (χ1v) is 13.6. The summed E-state index contributed by atoms with van der Waals surface area (Å²) in [7, 11) is 0. The molecule has 0 aliphatic carbocycles. The third-order valence-corrected chi connectivity index (χ3v) is 7.20. The molecular weight excluding hydrogens is 482 g/mol. The molecule has 2 aromatic carbocycles. The summed E-state index contributed by atoms with van der Waals surface area (Å²) in [5, 5.41) is 12.5. The molecule has 4 aromatic rings. The zero-order valence-electron chi connectivity index (χ0n) is 22.2. The number of anilines is 2. The molecule has 0 saturated carbocycles.